The van der Waals surface area contributed by atoms with Crippen LogP contribution in [0.3, 0.4) is 0 Å². The Bertz CT molecular complexity index is 573. The molecule has 0 atom stereocenters. The van der Waals surface area contributed by atoms with E-state index in [0.29, 0.717) is 17.3 Å². The zero-order valence-corrected chi connectivity index (χ0v) is 9.02. The van der Waals surface area contributed by atoms with Crippen molar-refractivity contribution >= 4 is 10.8 Å². The van der Waals surface area contributed by atoms with E-state index in [4.69, 9.17) is 14.7 Å². The minimum atomic E-state index is 0.314. The van der Waals surface area contributed by atoms with Crippen LogP contribution in [0.25, 0.3) is 10.8 Å². The summed E-state index contributed by atoms with van der Waals surface area (Å²) < 4.78 is 10.4. The summed E-state index contributed by atoms with van der Waals surface area (Å²) in [4.78, 5) is 4.07. The molecule has 0 aliphatic rings. The summed E-state index contributed by atoms with van der Waals surface area (Å²) in [5.41, 5.74) is 0.314. The van der Waals surface area contributed by atoms with Gasteiger partial charge >= 0.3 is 0 Å². The van der Waals surface area contributed by atoms with Gasteiger partial charge < -0.3 is 9.47 Å². The quantitative estimate of drug-likeness (QED) is 0.768. The minimum absolute atomic E-state index is 0.314. The fourth-order valence-corrected chi connectivity index (χ4v) is 1.61. The molecule has 0 fully saturated rings. The summed E-state index contributed by atoms with van der Waals surface area (Å²) in [5.74, 6) is 1.14. The van der Waals surface area contributed by atoms with Crippen LogP contribution >= 0.6 is 0 Å². The number of rotatable bonds is 2. The third-order valence-electron chi connectivity index (χ3n) is 2.33. The number of pyridine rings is 1. The Labute approximate surface area is 93.0 Å². The maximum Gasteiger partial charge on any atom is 0.222 e. The van der Waals surface area contributed by atoms with Crippen molar-refractivity contribution < 1.29 is 9.47 Å². The van der Waals surface area contributed by atoms with Gasteiger partial charge in [-0.05, 0) is 18.2 Å². The van der Waals surface area contributed by atoms with Crippen molar-refractivity contribution in [1.82, 2.24) is 4.98 Å². The maximum atomic E-state index is 8.87. The summed E-state index contributed by atoms with van der Waals surface area (Å²) in [6, 6.07) is 9.26. The van der Waals surface area contributed by atoms with E-state index in [9.17, 15) is 0 Å². The molecule has 2 rings (SSSR count). The molecule has 1 heterocycles. The van der Waals surface area contributed by atoms with E-state index in [-0.39, 0.29) is 0 Å². The van der Waals surface area contributed by atoms with Gasteiger partial charge in [0, 0.05) is 10.8 Å². The number of nitrogens with zero attached hydrogens (tertiary/aromatic N) is 2. The molecule has 1 aromatic carbocycles. The van der Waals surface area contributed by atoms with Crippen LogP contribution in [0.2, 0.25) is 0 Å². The van der Waals surface area contributed by atoms with E-state index >= 15 is 0 Å². The van der Waals surface area contributed by atoms with Gasteiger partial charge in [0.25, 0.3) is 0 Å². The number of methoxy groups -OCH3 is 2. The zero-order valence-electron chi connectivity index (χ0n) is 9.02. The molecule has 0 aliphatic carbocycles. The molecule has 80 valence electrons. The molecule has 0 N–H and O–H groups in total. The Morgan fingerprint density at radius 3 is 2.62 bits per heavy atom. The second-order valence-corrected chi connectivity index (χ2v) is 3.18. The number of aromatic nitrogens is 1. The van der Waals surface area contributed by atoms with Gasteiger partial charge in [-0.15, -0.1) is 0 Å². The van der Waals surface area contributed by atoms with Crippen LogP contribution in [0.5, 0.6) is 11.6 Å². The number of benzene rings is 1. The highest BCUT2D eigenvalue weighted by Crippen LogP contribution is 2.31. The Morgan fingerprint density at radius 1 is 1.19 bits per heavy atom. The molecule has 2 aromatic rings. The molecule has 0 aliphatic heterocycles. The Balaban J connectivity index is 2.85. The van der Waals surface area contributed by atoms with Gasteiger partial charge in [0.05, 0.1) is 14.2 Å². The van der Waals surface area contributed by atoms with Crippen LogP contribution in [0.1, 0.15) is 5.69 Å². The van der Waals surface area contributed by atoms with Crippen LogP contribution in [0, 0.1) is 11.3 Å². The lowest BCUT2D eigenvalue weighted by atomic mass is 10.1. The van der Waals surface area contributed by atoms with Gasteiger partial charge in [0.2, 0.25) is 5.88 Å². The van der Waals surface area contributed by atoms with Gasteiger partial charge in [-0.2, -0.15) is 5.26 Å². The molecule has 0 saturated carbocycles. The van der Waals surface area contributed by atoms with E-state index in [1.807, 2.05) is 24.3 Å². The summed E-state index contributed by atoms with van der Waals surface area (Å²) in [5, 5.41) is 10.5. The monoisotopic (exact) mass is 214 g/mol. The highest BCUT2D eigenvalue weighted by Gasteiger charge is 2.09. The second-order valence-electron chi connectivity index (χ2n) is 3.18. The largest absolute Gasteiger partial charge is 0.496 e. The van der Waals surface area contributed by atoms with Gasteiger partial charge in [-0.3, -0.25) is 0 Å². The number of nitriles is 1. The predicted octanol–water partition coefficient (Wildman–Crippen LogP) is 2.12. The fourth-order valence-electron chi connectivity index (χ4n) is 1.61. The summed E-state index contributed by atoms with van der Waals surface area (Å²) in [7, 11) is 3.12. The van der Waals surface area contributed by atoms with E-state index in [2.05, 4.69) is 4.98 Å². The average Bonchev–Trinajstić information content (AvgIpc) is 2.36. The molecule has 0 radical (unpaired) electrons. The zero-order chi connectivity index (χ0) is 11.5. The first-order chi connectivity index (χ1) is 7.80. The smallest absolute Gasteiger partial charge is 0.222 e. The SMILES string of the molecule is COc1cccc2c(OC)nc(C#N)cc12. The van der Waals surface area contributed by atoms with E-state index < -0.39 is 0 Å². The van der Waals surface area contributed by atoms with Crippen molar-refractivity contribution in [1.29, 1.82) is 5.26 Å². The van der Waals surface area contributed by atoms with Crippen molar-refractivity contribution in [2.45, 2.75) is 0 Å². The maximum absolute atomic E-state index is 8.87. The van der Waals surface area contributed by atoms with Gasteiger partial charge in [-0.1, -0.05) is 6.07 Å². The van der Waals surface area contributed by atoms with Crippen LogP contribution in [0.15, 0.2) is 24.3 Å². The molecular formula is C12H10N2O2. The molecule has 4 nitrogen and oxygen atoms in total. The van der Waals surface area contributed by atoms with Crippen LogP contribution in [-0.2, 0) is 0 Å². The molecular weight excluding hydrogens is 204 g/mol. The van der Waals surface area contributed by atoms with Crippen molar-refractivity contribution in [2.75, 3.05) is 14.2 Å². The molecule has 0 unspecified atom stereocenters. The van der Waals surface area contributed by atoms with Crippen molar-refractivity contribution in [3.8, 4) is 17.7 Å². The van der Waals surface area contributed by atoms with Crippen LogP contribution in [-0.4, -0.2) is 19.2 Å². The third kappa shape index (κ3) is 1.52. The molecule has 0 amide bonds. The summed E-state index contributed by atoms with van der Waals surface area (Å²) >= 11 is 0. The third-order valence-corrected chi connectivity index (χ3v) is 2.33. The molecule has 1 aromatic heterocycles. The molecule has 4 heteroatoms. The van der Waals surface area contributed by atoms with Gasteiger partial charge in [0.1, 0.15) is 17.5 Å². The van der Waals surface area contributed by atoms with Gasteiger partial charge in [-0.25, -0.2) is 4.98 Å². The molecule has 0 bridgehead atoms. The molecule has 0 spiro atoms. The van der Waals surface area contributed by atoms with Gasteiger partial charge in [0.15, 0.2) is 0 Å². The van der Waals surface area contributed by atoms with Crippen molar-refractivity contribution in [3.05, 3.63) is 30.0 Å². The molecule has 16 heavy (non-hydrogen) atoms. The number of fused-ring (bicyclic) bond motifs is 1. The average molecular weight is 214 g/mol. The van der Waals surface area contributed by atoms with E-state index in [1.54, 1.807) is 13.2 Å². The number of ether oxygens (including phenoxy) is 2. The fraction of sp³-hybridized carbons (Fsp3) is 0.167. The summed E-state index contributed by atoms with van der Waals surface area (Å²) in [6.07, 6.45) is 0. The Hall–Kier alpha value is -2.28. The lowest BCUT2D eigenvalue weighted by molar-refractivity contribution is 0.401. The van der Waals surface area contributed by atoms with Crippen LogP contribution in [0.4, 0.5) is 0 Å². The first-order valence-corrected chi connectivity index (χ1v) is 4.72. The topological polar surface area (TPSA) is 55.1 Å². The minimum Gasteiger partial charge on any atom is -0.496 e. The van der Waals surface area contributed by atoms with E-state index in [0.717, 1.165) is 10.8 Å². The first kappa shape index (κ1) is 10.2. The van der Waals surface area contributed by atoms with E-state index in [1.165, 1.54) is 7.11 Å². The lowest BCUT2D eigenvalue weighted by Gasteiger charge is -2.08. The van der Waals surface area contributed by atoms with Crippen LogP contribution < -0.4 is 9.47 Å². The molecule has 0 saturated heterocycles. The number of hydrogen-bond acceptors (Lipinski definition) is 4. The lowest BCUT2D eigenvalue weighted by Crippen LogP contribution is -1.94. The highest BCUT2D eigenvalue weighted by molar-refractivity contribution is 5.92. The van der Waals surface area contributed by atoms with Crippen molar-refractivity contribution in [3.63, 3.8) is 0 Å². The standard InChI is InChI=1S/C12H10N2O2/c1-15-11-5-3-4-9-10(11)6-8(7-13)14-12(9)16-2/h3-6H,1-2H3. The normalized spacial score (nSPS) is 9.81. The predicted molar refractivity (Wildman–Crippen MR) is 59.6 cm³/mol. The Kier molecular flexibility index (Phi) is 2.61. The first-order valence-electron chi connectivity index (χ1n) is 4.72. The van der Waals surface area contributed by atoms with Crippen molar-refractivity contribution in [2.24, 2.45) is 0 Å². The highest BCUT2D eigenvalue weighted by atomic mass is 16.5. The summed E-state index contributed by atoms with van der Waals surface area (Å²) in [6.45, 7) is 0. The second kappa shape index (κ2) is 4.07. The number of hydrogen-bond donors (Lipinski definition) is 0. The Morgan fingerprint density at radius 2 is 2.00 bits per heavy atom.